The van der Waals surface area contributed by atoms with Crippen molar-refractivity contribution in [2.75, 3.05) is 0 Å². The Hall–Kier alpha value is -6.30. The molecule has 2 aliphatic rings. The Morgan fingerprint density at radius 3 is 1.76 bits per heavy atom. The monoisotopic (exact) mass is 669 g/mol. The van der Waals surface area contributed by atoms with Crippen LogP contribution in [-0.2, 0) is 5.41 Å². The normalized spacial score (nSPS) is 15.5. The second kappa shape index (κ2) is 10.8. The van der Waals surface area contributed by atoms with Gasteiger partial charge in [0, 0.05) is 37.3 Å². The molecular formula is C46H27N3OS. The van der Waals surface area contributed by atoms with Crippen LogP contribution in [0.3, 0.4) is 0 Å². The number of furan rings is 1. The molecule has 5 heteroatoms. The predicted molar refractivity (Wildman–Crippen MR) is 205 cm³/mol. The van der Waals surface area contributed by atoms with Crippen molar-refractivity contribution in [3.63, 3.8) is 0 Å². The third kappa shape index (κ3) is 4.13. The number of benzene rings is 7. The van der Waals surface area contributed by atoms with Crippen LogP contribution in [0.4, 0.5) is 0 Å². The minimum Gasteiger partial charge on any atom is -0.456 e. The number of para-hydroxylation sites is 1. The van der Waals surface area contributed by atoms with E-state index in [-0.39, 0.29) is 0 Å². The molecule has 0 amide bonds. The summed E-state index contributed by atoms with van der Waals surface area (Å²) in [5.41, 5.74) is 11.6. The summed E-state index contributed by atoms with van der Waals surface area (Å²) in [5, 5.41) is 2.25. The maximum Gasteiger partial charge on any atom is 0.164 e. The molecule has 0 fully saturated rings. The Kier molecular flexibility index (Phi) is 6.07. The lowest BCUT2D eigenvalue weighted by atomic mass is 9.67. The molecule has 1 unspecified atom stereocenters. The van der Waals surface area contributed by atoms with Gasteiger partial charge in [0.2, 0.25) is 0 Å². The molecule has 1 aliphatic heterocycles. The molecule has 11 rings (SSSR count). The second-order valence-corrected chi connectivity index (χ2v) is 14.2. The molecular weight excluding hydrogens is 643 g/mol. The Labute approximate surface area is 298 Å². The van der Waals surface area contributed by atoms with Crippen LogP contribution in [0.5, 0.6) is 0 Å². The first-order valence-corrected chi connectivity index (χ1v) is 17.9. The van der Waals surface area contributed by atoms with E-state index in [1.54, 1.807) is 0 Å². The van der Waals surface area contributed by atoms with Crippen molar-refractivity contribution in [1.82, 2.24) is 15.0 Å². The molecule has 0 radical (unpaired) electrons. The number of fused-ring (bicyclic) bond motifs is 12. The molecule has 1 aliphatic carbocycles. The van der Waals surface area contributed by atoms with Crippen LogP contribution in [0, 0.1) is 0 Å². The Morgan fingerprint density at radius 1 is 0.392 bits per heavy atom. The molecule has 1 spiro atoms. The van der Waals surface area contributed by atoms with Gasteiger partial charge in [0.15, 0.2) is 17.5 Å². The van der Waals surface area contributed by atoms with Gasteiger partial charge in [-0.2, -0.15) is 0 Å². The molecule has 0 N–H and O–H groups in total. The lowest BCUT2D eigenvalue weighted by molar-refractivity contribution is 0.668. The molecule has 3 heterocycles. The summed E-state index contributed by atoms with van der Waals surface area (Å²) in [6.07, 6.45) is 0. The van der Waals surface area contributed by atoms with Gasteiger partial charge in [-0.05, 0) is 69.8 Å². The van der Waals surface area contributed by atoms with Gasteiger partial charge in [-0.3, -0.25) is 0 Å². The van der Waals surface area contributed by atoms with Crippen LogP contribution in [0.1, 0.15) is 22.3 Å². The number of aromatic nitrogens is 3. The summed E-state index contributed by atoms with van der Waals surface area (Å²) in [6, 6.07) is 57.8. The standard InChI is InChI=1S/C46H27N3OS/c1-3-13-28(14-4-1)43-47-44(29-15-5-2-6-16-29)49-45(48-43)30-23-24-42-38(25-30)46(36-20-10-12-22-41(36)51-42)35-19-9-7-17-31(35)33-27-40-34(26-37(33)46)32-18-8-11-21-39(32)50-40/h1-27H. The lowest BCUT2D eigenvalue weighted by Gasteiger charge is -2.40. The molecule has 2 aromatic heterocycles. The summed E-state index contributed by atoms with van der Waals surface area (Å²) in [5.74, 6) is 1.95. The highest BCUT2D eigenvalue weighted by Gasteiger charge is 2.50. The van der Waals surface area contributed by atoms with Gasteiger partial charge in [-0.25, -0.2) is 15.0 Å². The zero-order chi connectivity index (χ0) is 33.5. The van der Waals surface area contributed by atoms with Crippen LogP contribution in [0.25, 0.3) is 67.2 Å². The zero-order valence-corrected chi connectivity index (χ0v) is 28.1. The lowest BCUT2D eigenvalue weighted by Crippen LogP contribution is -2.32. The minimum atomic E-state index is -0.566. The average Bonchev–Trinajstić information content (AvgIpc) is 3.70. The van der Waals surface area contributed by atoms with E-state index in [2.05, 4.69) is 121 Å². The van der Waals surface area contributed by atoms with Gasteiger partial charge in [-0.15, -0.1) is 0 Å². The highest BCUT2D eigenvalue weighted by atomic mass is 32.2. The van der Waals surface area contributed by atoms with Gasteiger partial charge in [-0.1, -0.05) is 139 Å². The van der Waals surface area contributed by atoms with Crippen LogP contribution >= 0.6 is 11.8 Å². The Balaban J connectivity index is 1.21. The second-order valence-electron chi connectivity index (χ2n) is 13.1. The van der Waals surface area contributed by atoms with E-state index >= 15 is 0 Å². The molecule has 0 saturated heterocycles. The minimum absolute atomic E-state index is 0.566. The maximum atomic E-state index is 6.45. The Morgan fingerprint density at radius 2 is 1.00 bits per heavy atom. The molecule has 1 atom stereocenters. The maximum absolute atomic E-state index is 6.45. The van der Waals surface area contributed by atoms with Crippen molar-refractivity contribution in [1.29, 1.82) is 0 Å². The molecule has 51 heavy (non-hydrogen) atoms. The largest absolute Gasteiger partial charge is 0.456 e. The van der Waals surface area contributed by atoms with E-state index in [9.17, 15) is 0 Å². The number of rotatable bonds is 3. The first kappa shape index (κ1) is 28.5. The van der Waals surface area contributed by atoms with Crippen LogP contribution < -0.4 is 0 Å². The molecule has 4 nitrogen and oxygen atoms in total. The summed E-state index contributed by atoms with van der Waals surface area (Å²) >= 11 is 1.83. The van der Waals surface area contributed by atoms with Gasteiger partial charge in [0.05, 0.1) is 5.41 Å². The number of hydrogen-bond donors (Lipinski definition) is 0. The molecule has 0 saturated carbocycles. The third-order valence-electron chi connectivity index (χ3n) is 10.4. The molecule has 0 bridgehead atoms. The topological polar surface area (TPSA) is 51.8 Å². The van der Waals surface area contributed by atoms with Crippen molar-refractivity contribution >= 4 is 33.7 Å². The summed E-state index contributed by atoms with van der Waals surface area (Å²) < 4.78 is 6.45. The molecule has 238 valence electrons. The van der Waals surface area contributed by atoms with Crippen LogP contribution in [0.2, 0.25) is 0 Å². The quantitative estimate of drug-likeness (QED) is 0.187. The highest BCUT2D eigenvalue weighted by molar-refractivity contribution is 7.99. The van der Waals surface area contributed by atoms with E-state index < -0.39 is 5.41 Å². The third-order valence-corrected chi connectivity index (χ3v) is 11.5. The highest BCUT2D eigenvalue weighted by Crippen LogP contribution is 2.63. The summed E-state index contributed by atoms with van der Waals surface area (Å²) in [6.45, 7) is 0. The first-order chi connectivity index (χ1) is 25.3. The molecule has 7 aromatic carbocycles. The first-order valence-electron chi connectivity index (χ1n) is 17.1. The van der Waals surface area contributed by atoms with E-state index in [0.29, 0.717) is 17.5 Å². The average molecular weight is 670 g/mol. The fourth-order valence-corrected chi connectivity index (χ4v) is 9.37. The van der Waals surface area contributed by atoms with Crippen LogP contribution in [-0.4, -0.2) is 15.0 Å². The van der Waals surface area contributed by atoms with E-state index in [0.717, 1.165) is 38.6 Å². The van der Waals surface area contributed by atoms with Gasteiger partial charge < -0.3 is 4.42 Å². The van der Waals surface area contributed by atoms with E-state index in [4.69, 9.17) is 19.4 Å². The van der Waals surface area contributed by atoms with Crippen molar-refractivity contribution in [2.24, 2.45) is 0 Å². The summed E-state index contributed by atoms with van der Waals surface area (Å²) in [7, 11) is 0. The SMILES string of the molecule is c1ccc(-c2nc(-c3ccccc3)nc(-c3ccc4c(c3)C3(c5ccccc5S4)c4ccccc4-c4cc5oc6ccccc6c5cc43)n2)cc1. The fraction of sp³-hybridized carbons (Fsp3) is 0.0217. The molecule has 9 aromatic rings. The summed E-state index contributed by atoms with van der Waals surface area (Å²) in [4.78, 5) is 17.7. The van der Waals surface area contributed by atoms with Crippen molar-refractivity contribution in [3.05, 3.63) is 186 Å². The smallest absolute Gasteiger partial charge is 0.164 e. The van der Waals surface area contributed by atoms with Gasteiger partial charge in [0.25, 0.3) is 0 Å². The van der Waals surface area contributed by atoms with Crippen molar-refractivity contribution in [2.45, 2.75) is 15.2 Å². The van der Waals surface area contributed by atoms with E-state index in [1.165, 1.54) is 43.2 Å². The van der Waals surface area contributed by atoms with Gasteiger partial charge in [0.1, 0.15) is 11.2 Å². The Bertz CT molecular complexity index is 2790. The van der Waals surface area contributed by atoms with Crippen molar-refractivity contribution < 1.29 is 4.42 Å². The zero-order valence-electron chi connectivity index (χ0n) is 27.2. The fourth-order valence-electron chi connectivity index (χ4n) is 8.19. The van der Waals surface area contributed by atoms with Gasteiger partial charge >= 0.3 is 0 Å². The van der Waals surface area contributed by atoms with E-state index in [1.807, 2.05) is 54.2 Å². The van der Waals surface area contributed by atoms with Crippen molar-refractivity contribution in [3.8, 4) is 45.3 Å². The number of nitrogens with zero attached hydrogens (tertiary/aromatic N) is 3. The number of hydrogen-bond acceptors (Lipinski definition) is 5. The van der Waals surface area contributed by atoms with Crippen LogP contribution in [0.15, 0.2) is 178 Å². The predicted octanol–water partition coefficient (Wildman–Crippen LogP) is 11.6.